The van der Waals surface area contributed by atoms with Gasteiger partial charge in [-0.15, -0.1) is 0 Å². The highest BCUT2D eigenvalue weighted by Crippen LogP contribution is 2.35. The second kappa shape index (κ2) is 11.5. The van der Waals surface area contributed by atoms with Crippen molar-refractivity contribution >= 4 is 40.9 Å². The highest BCUT2D eigenvalue weighted by atomic mass is 35.5. The van der Waals surface area contributed by atoms with Crippen LogP contribution in [0, 0.1) is 17.2 Å². The van der Waals surface area contributed by atoms with Crippen LogP contribution >= 0.6 is 23.2 Å². The average molecular weight is 541 g/mol. The Morgan fingerprint density at radius 3 is 2.19 bits per heavy atom. The fraction of sp³-hybridized carbons (Fsp3) is 0.429. The standard InChI is InChI=1S/C28H30Cl2N4O3/c1-18(35)33-12-9-21(10-13-33)28(37)34-14-11-26(23(17-34)22-7-8-24(29)25(30)15-22)32(2)27(36)20-5-3-19(16-31)4-6-20/h3-8,15,21,23,26H,9-14,17H2,1-2H3. The summed E-state index contributed by atoms with van der Waals surface area (Å²) in [6, 6.07) is 14.0. The summed E-state index contributed by atoms with van der Waals surface area (Å²) in [6.07, 6.45) is 1.93. The maximum absolute atomic E-state index is 13.5. The zero-order valence-electron chi connectivity index (χ0n) is 21.0. The van der Waals surface area contributed by atoms with Gasteiger partial charge in [-0.25, -0.2) is 0 Å². The van der Waals surface area contributed by atoms with Crippen LogP contribution in [-0.2, 0) is 9.59 Å². The topological polar surface area (TPSA) is 84.7 Å². The van der Waals surface area contributed by atoms with Crippen molar-refractivity contribution in [2.75, 3.05) is 33.2 Å². The van der Waals surface area contributed by atoms with Crippen molar-refractivity contribution in [3.63, 3.8) is 0 Å². The molecule has 2 saturated heterocycles. The molecule has 0 radical (unpaired) electrons. The summed E-state index contributed by atoms with van der Waals surface area (Å²) >= 11 is 12.5. The van der Waals surface area contributed by atoms with Gasteiger partial charge in [0.1, 0.15) is 0 Å². The molecule has 37 heavy (non-hydrogen) atoms. The van der Waals surface area contributed by atoms with Gasteiger partial charge in [0.05, 0.1) is 21.7 Å². The van der Waals surface area contributed by atoms with Gasteiger partial charge in [0.2, 0.25) is 11.8 Å². The number of hydrogen-bond donors (Lipinski definition) is 0. The number of amides is 3. The maximum Gasteiger partial charge on any atom is 0.253 e. The third-order valence-electron chi connectivity index (χ3n) is 7.63. The van der Waals surface area contributed by atoms with E-state index in [4.69, 9.17) is 28.5 Å². The van der Waals surface area contributed by atoms with Crippen molar-refractivity contribution < 1.29 is 14.4 Å². The van der Waals surface area contributed by atoms with E-state index in [9.17, 15) is 14.4 Å². The molecule has 2 heterocycles. The molecule has 4 rings (SSSR count). The number of likely N-dealkylation sites (N-methyl/N-ethyl adjacent to an activating group) is 1. The van der Waals surface area contributed by atoms with Crippen LogP contribution in [0.1, 0.15) is 53.6 Å². The zero-order chi connectivity index (χ0) is 26.7. The lowest BCUT2D eigenvalue weighted by Crippen LogP contribution is -2.53. The number of benzene rings is 2. The fourth-order valence-electron chi connectivity index (χ4n) is 5.42. The third-order valence-corrected chi connectivity index (χ3v) is 8.37. The number of rotatable bonds is 4. The molecule has 0 aromatic heterocycles. The molecule has 194 valence electrons. The summed E-state index contributed by atoms with van der Waals surface area (Å²) in [5.41, 5.74) is 1.92. The molecule has 0 bridgehead atoms. The normalized spacial score (nSPS) is 20.3. The second-order valence-electron chi connectivity index (χ2n) is 9.81. The van der Waals surface area contributed by atoms with Crippen molar-refractivity contribution in [1.82, 2.24) is 14.7 Å². The molecule has 2 aliphatic rings. The first kappa shape index (κ1) is 27.0. The van der Waals surface area contributed by atoms with E-state index in [1.165, 1.54) is 0 Å². The predicted molar refractivity (Wildman–Crippen MR) is 142 cm³/mol. The summed E-state index contributed by atoms with van der Waals surface area (Å²) in [5.74, 6) is -0.262. The predicted octanol–water partition coefficient (Wildman–Crippen LogP) is 4.58. The first-order valence-electron chi connectivity index (χ1n) is 12.5. The van der Waals surface area contributed by atoms with Gasteiger partial charge in [-0.3, -0.25) is 14.4 Å². The van der Waals surface area contributed by atoms with Crippen LogP contribution in [0.25, 0.3) is 0 Å². The molecule has 2 fully saturated rings. The molecule has 2 aliphatic heterocycles. The molecule has 2 aromatic rings. The van der Waals surface area contributed by atoms with E-state index in [1.54, 1.807) is 54.1 Å². The zero-order valence-corrected chi connectivity index (χ0v) is 22.5. The van der Waals surface area contributed by atoms with Crippen LogP contribution in [0.2, 0.25) is 10.0 Å². The molecule has 0 aliphatic carbocycles. The number of nitrogens with zero attached hydrogens (tertiary/aromatic N) is 4. The average Bonchev–Trinajstić information content (AvgIpc) is 2.93. The van der Waals surface area contributed by atoms with E-state index < -0.39 is 0 Å². The van der Waals surface area contributed by atoms with Gasteiger partial charge in [0.15, 0.2) is 0 Å². The third kappa shape index (κ3) is 5.92. The minimum atomic E-state index is -0.163. The lowest BCUT2D eigenvalue weighted by Gasteiger charge is -2.44. The van der Waals surface area contributed by atoms with Crippen LogP contribution in [0.15, 0.2) is 42.5 Å². The van der Waals surface area contributed by atoms with E-state index in [0.717, 1.165) is 5.56 Å². The van der Waals surface area contributed by atoms with Gasteiger partial charge < -0.3 is 14.7 Å². The Labute approximate surface area is 227 Å². The van der Waals surface area contributed by atoms with E-state index in [2.05, 4.69) is 6.07 Å². The Kier molecular flexibility index (Phi) is 8.41. The molecule has 0 spiro atoms. The van der Waals surface area contributed by atoms with Gasteiger partial charge in [-0.05, 0) is 61.2 Å². The molecule has 3 amide bonds. The molecule has 9 heteroatoms. The fourth-order valence-corrected chi connectivity index (χ4v) is 5.72. The molecule has 2 aromatic carbocycles. The summed E-state index contributed by atoms with van der Waals surface area (Å²) < 4.78 is 0. The first-order chi connectivity index (χ1) is 17.7. The number of hydrogen-bond acceptors (Lipinski definition) is 4. The van der Waals surface area contributed by atoms with Crippen LogP contribution in [0.4, 0.5) is 0 Å². The Balaban J connectivity index is 1.55. The van der Waals surface area contributed by atoms with Crippen molar-refractivity contribution in [3.8, 4) is 6.07 Å². The number of likely N-dealkylation sites (tertiary alicyclic amines) is 2. The van der Waals surface area contributed by atoms with Gasteiger partial charge >= 0.3 is 0 Å². The number of halogens is 2. The van der Waals surface area contributed by atoms with Crippen molar-refractivity contribution in [1.29, 1.82) is 5.26 Å². The van der Waals surface area contributed by atoms with E-state index >= 15 is 0 Å². The van der Waals surface area contributed by atoms with E-state index in [-0.39, 0.29) is 35.6 Å². The van der Waals surface area contributed by atoms with Crippen molar-refractivity contribution in [2.45, 2.75) is 38.1 Å². The molecule has 2 atom stereocenters. The molecule has 0 saturated carbocycles. The maximum atomic E-state index is 13.5. The lowest BCUT2D eigenvalue weighted by molar-refractivity contribution is -0.141. The van der Waals surface area contributed by atoms with Gasteiger partial charge in [0.25, 0.3) is 5.91 Å². The van der Waals surface area contributed by atoms with E-state index in [0.29, 0.717) is 66.6 Å². The molecular formula is C28H30Cl2N4O3. The van der Waals surface area contributed by atoms with Crippen LogP contribution < -0.4 is 0 Å². The first-order valence-corrected chi connectivity index (χ1v) is 13.2. The van der Waals surface area contributed by atoms with Crippen molar-refractivity contribution in [2.24, 2.45) is 5.92 Å². The number of carbonyl (C=O) groups excluding carboxylic acids is 3. The Hall–Kier alpha value is -3.08. The summed E-state index contributed by atoms with van der Waals surface area (Å²) in [6.45, 7) is 3.75. The van der Waals surface area contributed by atoms with Gasteiger partial charge in [0, 0.05) is 63.6 Å². The number of piperidine rings is 2. The van der Waals surface area contributed by atoms with Gasteiger partial charge in [-0.2, -0.15) is 5.26 Å². The SMILES string of the molecule is CC(=O)N1CCC(C(=O)N2CCC(N(C)C(=O)c3ccc(C#N)cc3)C(c3ccc(Cl)c(Cl)c3)C2)CC1. The monoisotopic (exact) mass is 540 g/mol. The van der Waals surface area contributed by atoms with E-state index in [1.807, 2.05) is 17.0 Å². The van der Waals surface area contributed by atoms with Gasteiger partial charge in [-0.1, -0.05) is 29.3 Å². The number of nitriles is 1. The smallest absolute Gasteiger partial charge is 0.253 e. The highest BCUT2D eigenvalue weighted by molar-refractivity contribution is 6.42. The summed E-state index contributed by atoms with van der Waals surface area (Å²) in [5, 5.41) is 9.95. The molecule has 2 unspecified atom stereocenters. The highest BCUT2D eigenvalue weighted by Gasteiger charge is 2.39. The lowest BCUT2D eigenvalue weighted by atomic mass is 9.83. The second-order valence-corrected chi connectivity index (χ2v) is 10.6. The number of carbonyl (C=O) groups is 3. The van der Waals surface area contributed by atoms with Crippen LogP contribution in [-0.4, -0.2) is 71.7 Å². The summed E-state index contributed by atoms with van der Waals surface area (Å²) in [7, 11) is 1.78. The van der Waals surface area contributed by atoms with Crippen LogP contribution in [0.5, 0.6) is 0 Å². The molecule has 7 nitrogen and oxygen atoms in total. The van der Waals surface area contributed by atoms with Crippen molar-refractivity contribution in [3.05, 3.63) is 69.2 Å². The summed E-state index contributed by atoms with van der Waals surface area (Å²) in [4.78, 5) is 44.0. The van der Waals surface area contributed by atoms with Crippen LogP contribution in [0.3, 0.4) is 0 Å². The Bertz CT molecular complexity index is 1220. The largest absolute Gasteiger partial charge is 0.343 e. The minimum absolute atomic E-state index is 0.0429. The molecular weight excluding hydrogens is 511 g/mol. The minimum Gasteiger partial charge on any atom is -0.343 e. The molecule has 0 N–H and O–H groups in total. The Morgan fingerprint density at radius 2 is 1.59 bits per heavy atom. The Morgan fingerprint density at radius 1 is 0.946 bits per heavy atom. The quantitative estimate of drug-likeness (QED) is 0.568.